The van der Waals surface area contributed by atoms with E-state index in [1.165, 1.54) is 29.7 Å². The van der Waals surface area contributed by atoms with Gasteiger partial charge in [0.25, 0.3) is 0 Å². The maximum atomic E-state index is 5.89. The van der Waals surface area contributed by atoms with Gasteiger partial charge in [0, 0.05) is 23.2 Å². The Kier molecular flexibility index (Phi) is 4.99. The third-order valence-electron chi connectivity index (χ3n) is 4.04. The molecule has 0 aromatic heterocycles. The molecule has 0 bridgehead atoms. The zero-order chi connectivity index (χ0) is 13.6. The van der Waals surface area contributed by atoms with Gasteiger partial charge < -0.3 is 4.74 Å². The molecule has 1 nitrogen and oxygen atoms in total. The van der Waals surface area contributed by atoms with Gasteiger partial charge in [-0.2, -0.15) is 0 Å². The van der Waals surface area contributed by atoms with Crippen LogP contribution in [0.25, 0.3) is 0 Å². The summed E-state index contributed by atoms with van der Waals surface area (Å²) in [6, 6.07) is 10.7. The van der Waals surface area contributed by atoms with Crippen molar-refractivity contribution in [2.24, 2.45) is 5.92 Å². The van der Waals surface area contributed by atoms with E-state index in [-0.39, 0.29) is 0 Å². The molecule has 20 heavy (non-hydrogen) atoms. The van der Waals surface area contributed by atoms with E-state index >= 15 is 0 Å². The number of thioether (sulfide) groups is 1. The first-order chi connectivity index (χ1) is 9.92. The largest absolute Gasteiger partial charge is 0.378 e. The van der Waals surface area contributed by atoms with Crippen molar-refractivity contribution in [3.8, 4) is 0 Å². The molecule has 1 aliphatic carbocycles. The molecule has 0 N–H and O–H groups in total. The fourth-order valence-electron chi connectivity index (χ4n) is 2.84. The Morgan fingerprint density at radius 3 is 2.75 bits per heavy atom. The smallest absolute Gasteiger partial charge is 0.0640 e. The molecule has 1 saturated heterocycles. The Balaban J connectivity index is 1.49. The zero-order valence-electron chi connectivity index (χ0n) is 11.8. The van der Waals surface area contributed by atoms with E-state index in [0.29, 0.717) is 12.0 Å². The molecule has 2 aliphatic rings. The quantitative estimate of drug-likeness (QED) is 0.774. The topological polar surface area (TPSA) is 9.23 Å². The highest BCUT2D eigenvalue weighted by atomic mass is 32.2. The molecule has 0 saturated carbocycles. The normalized spacial score (nSPS) is 26.3. The van der Waals surface area contributed by atoms with Crippen molar-refractivity contribution in [1.29, 1.82) is 0 Å². The lowest BCUT2D eigenvalue weighted by Crippen LogP contribution is -2.27. The lowest BCUT2D eigenvalue weighted by Gasteiger charge is -2.29. The van der Waals surface area contributed by atoms with Gasteiger partial charge in [0.05, 0.1) is 6.10 Å². The number of benzene rings is 1. The van der Waals surface area contributed by atoms with Gasteiger partial charge in [-0.15, -0.1) is 11.8 Å². The first-order valence-electron chi connectivity index (χ1n) is 7.58. The molecule has 1 fully saturated rings. The summed E-state index contributed by atoms with van der Waals surface area (Å²) in [5.41, 5.74) is 1.39. The predicted octanol–water partition coefficient (Wildman–Crippen LogP) is 4.95. The summed E-state index contributed by atoms with van der Waals surface area (Å²) in [5, 5.41) is 0. The van der Waals surface area contributed by atoms with Gasteiger partial charge in [0.1, 0.15) is 0 Å². The van der Waals surface area contributed by atoms with Gasteiger partial charge in [-0.3, -0.25) is 0 Å². The number of ether oxygens (including phenoxy) is 1. The average Bonchev–Trinajstić information content (AvgIpc) is 2.55. The predicted molar refractivity (Wildman–Crippen MR) is 86.7 cm³/mol. The van der Waals surface area contributed by atoms with Crippen LogP contribution < -0.4 is 0 Å². The van der Waals surface area contributed by atoms with Gasteiger partial charge in [-0.1, -0.05) is 48.6 Å². The minimum atomic E-state index is 0.455. The van der Waals surface area contributed by atoms with Crippen molar-refractivity contribution in [2.75, 3.05) is 6.61 Å². The van der Waals surface area contributed by atoms with Crippen molar-refractivity contribution in [1.82, 2.24) is 0 Å². The van der Waals surface area contributed by atoms with Crippen LogP contribution in [0.2, 0.25) is 0 Å². The molecule has 0 amide bonds. The Hall–Kier alpha value is -0.990. The van der Waals surface area contributed by atoms with Gasteiger partial charge in [-0.25, -0.2) is 0 Å². The minimum Gasteiger partial charge on any atom is -0.378 e. The first kappa shape index (κ1) is 14.0. The van der Waals surface area contributed by atoms with E-state index in [0.717, 1.165) is 18.8 Å². The van der Waals surface area contributed by atoms with Crippen LogP contribution in [0.1, 0.15) is 31.2 Å². The second kappa shape index (κ2) is 7.14. The van der Waals surface area contributed by atoms with Gasteiger partial charge in [0.2, 0.25) is 0 Å². The molecule has 1 heterocycles. The average molecular weight is 286 g/mol. The summed E-state index contributed by atoms with van der Waals surface area (Å²) in [5.74, 6) is 1.65. The maximum Gasteiger partial charge on any atom is 0.0640 e. The fourth-order valence-corrected chi connectivity index (χ4v) is 3.76. The van der Waals surface area contributed by atoms with E-state index in [1.807, 2.05) is 11.8 Å². The molecule has 0 spiro atoms. The number of rotatable bonds is 4. The standard InChI is InChI=1S/C18H22OS/c1-2-6-15(7-3-1)14-20-17-11-9-16(10-12-17)18-8-4-5-13-19-18/h1-3,6-7,9,11-12,16,18H,4-5,8,10,13-14H2/t16?,18-/m1/s1. The first-order valence-corrected chi connectivity index (χ1v) is 8.57. The second-order valence-corrected chi connectivity index (χ2v) is 6.59. The summed E-state index contributed by atoms with van der Waals surface area (Å²) >= 11 is 1.93. The van der Waals surface area contributed by atoms with Crippen LogP contribution in [0.4, 0.5) is 0 Å². The summed E-state index contributed by atoms with van der Waals surface area (Å²) in [6.07, 6.45) is 12.4. The molecule has 2 heteroatoms. The molecule has 1 aromatic rings. The Labute approximate surface area is 126 Å². The van der Waals surface area contributed by atoms with Gasteiger partial charge in [0.15, 0.2) is 0 Å². The minimum absolute atomic E-state index is 0.455. The third kappa shape index (κ3) is 3.77. The lowest BCUT2D eigenvalue weighted by molar-refractivity contribution is -0.00849. The molecule has 1 unspecified atom stereocenters. The lowest BCUT2D eigenvalue weighted by atomic mass is 9.90. The van der Waals surface area contributed by atoms with E-state index < -0.39 is 0 Å². The Morgan fingerprint density at radius 2 is 2.05 bits per heavy atom. The molecule has 2 atom stereocenters. The van der Waals surface area contributed by atoms with Crippen molar-refractivity contribution in [2.45, 2.75) is 37.5 Å². The van der Waals surface area contributed by atoms with E-state index in [9.17, 15) is 0 Å². The monoisotopic (exact) mass is 286 g/mol. The Bertz CT molecular complexity index is 471. The van der Waals surface area contributed by atoms with Crippen LogP contribution in [0.15, 0.2) is 53.5 Å². The molecular formula is C18H22OS. The molecule has 0 radical (unpaired) electrons. The van der Waals surface area contributed by atoms with Crippen LogP contribution in [0.3, 0.4) is 0 Å². The van der Waals surface area contributed by atoms with Crippen LogP contribution in [-0.4, -0.2) is 12.7 Å². The summed E-state index contributed by atoms with van der Waals surface area (Å²) in [7, 11) is 0. The van der Waals surface area contributed by atoms with Crippen molar-refractivity contribution < 1.29 is 4.74 Å². The SMILES string of the molecule is C1=CC([C@H]2CCCCO2)CC=C1SCc1ccccc1. The number of hydrogen-bond acceptors (Lipinski definition) is 2. The second-order valence-electron chi connectivity index (χ2n) is 5.54. The summed E-state index contributed by atoms with van der Waals surface area (Å²) < 4.78 is 5.89. The van der Waals surface area contributed by atoms with Gasteiger partial charge >= 0.3 is 0 Å². The van der Waals surface area contributed by atoms with E-state index in [2.05, 4.69) is 48.6 Å². The van der Waals surface area contributed by atoms with Crippen molar-refractivity contribution >= 4 is 11.8 Å². The van der Waals surface area contributed by atoms with Crippen LogP contribution in [-0.2, 0) is 10.5 Å². The highest BCUT2D eigenvalue weighted by molar-refractivity contribution is 8.02. The van der Waals surface area contributed by atoms with Crippen LogP contribution >= 0.6 is 11.8 Å². The van der Waals surface area contributed by atoms with Gasteiger partial charge in [-0.05, 0) is 31.2 Å². The Morgan fingerprint density at radius 1 is 1.15 bits per heavy atom. The van der Waals surface area contributed by atoms with Crippen LogP contribution in [0.5, 0.6) is 0 Å². The van der Waals surface area contributed by atoms with E-state index in [1.54, 1.807) is 0 Å². The zero-order valence-corrected chi connectivity index (χ0v) is 12.6. The highest BCUT2D eigenvalue weighted by Gasteiger charge is 2.23. The number of hydrogen-bond donors (Lipinski definition) is 0. The molecule has 3 rings (SSSR count). The van der Waals surface area contributed by atoms with E-state index in [4.69, 9.17) is 4.74 Å². The fraction of sp³-hybridized carbons (Fsp3) is 0.444. The van der Waals surface area contributed by atoms with Crippen LogP contribution in [0, 0.1) is 5.92 Å². The highest BCUT2D eigenvalue weighted by Crippen LogP contribution is 2.32. The summed E-state index contributed by atoms with van der Waals surface area (Å²) in [4.78, 5) is 1.40. The number of allylic oxidation sites excluding steroid dienone is 2. The maximum absolute atomic E-state index is 5.89. The molecular weight excluding hydrogens is 264 g/mol. The van der Waals surface area contributed by atoms with Crippen molar-refractivity contribution in [3.63, 3.8) is 0 Å². The summed E-state index contributed by atoms with van der Waals surface area (Å²) in [6.45, 7) is 0.953. The molecule has 106 valence electrons. The third-order valence-corrected chi connectivity index (χ3v) is 5.15. The molecule has 1 aliphatic heterocycles. The molecule has 1 aromatic carbocycles. The van der Waals surface area contributed by atoms with Crippen molar-refractivity contribution in [3.05, 3.63) is 59.0 Å².